The molecule has 82 valence electrons. The van der Waals surface area contributed by atoms with Crippen LogP contribution < -0.4 is 5.32 Å². The standard InChI is InChI=1S/C12H16ClNO/c1-9-12(15,6-7-14-9)8-10-2-4-11(13)5-3-10/h2-5,9,14-15H,6-8H2,1H3. The van der Waals surface area contributed by atoms with Crippen molar-refractivity contribution in [2.75, 3.05) is 6.54 Å². The van der Waals surface area contributed by atoms with E-state index in [9.17, 15) is 5.11 Å². The molecule has 2 N–H and O–H groups in total. The molecule has 2 unspecified atom stereocenters. The summed E-state index contributed by atoms with van der Waals surface area (Å²) in [4.78, 5) is 0. The molecule has 0 aliphatic carbocycles. The van der Waals surface area contributed by atoms with Gasteiger partial charge in [-0.2, -0.15) is 0 Å². The molecule has 0 saturated carbocycles. The average molecular weight is 226 g/mol. The highest BCUT2D eigenvalue weighted by Gasteiger charge is 2.37. The highest BCUT2D eigenvalue weighted by molar-refractivity contribution is 6.30. The molecule has 0 aromatic heterocycles. The van der Waals surface area contributed by atoms with Crippen LogP contribution in [0.3, 0.4) is 0 Å². The summed E-state index contributed by atoms with van der Waals surface area (Å²) in [5.41, 5.74) is 0.533. The summed E-state index contributed by atoms with van der Waals surface area (Å²) >= 11 is 5.82. The number of hydrogen-bond acceptors (Lipinski definition) is 2. The minimum absolute atomic E-state index is 0.160. The Labute approximate surface area is 95.3 Å². The third-order valence-electron chi connectivity index (χ3n) is 3.24. The van der Waals surface area contributed by atoms with Gasteiger partial charge in [-0.1, -0.05) is 23.7 Å². The zero-order chi connectivity index (χ0) is 10.9. The number of benzene rings is 1. The Morgan fingerprint density at radius 3 is 2.67 bits per heavy atom. The minimum atomic E-state index is -0.603. The topological polar surface area (TPSA) is 32.3 Å². The molecule has 0 radical (unpaired) electrons. The Kier molecular flexibility index (Phi) is 3.01. The lowest BCUT2D eigenvalue weighted by Gasteiger charge is -2.27. The van der Waals surface area contributed by atoms with Crippen molar-refractivity contribution >= 4 is 11.6 Å². The number of halogens is 1. The van der Waals surface area contributed by atoms with Crippen molar-refractivity contribution in [2.45, 2.75) is 31.4 Å². The summed E-state index contributed by atoms with van der Waals surface area (Å²) in [6.07, 6.45) is 1.51. The molecular formula is C12H16ClNO. The fourth-order valence-corrected chi connectivity index (χ4v) is 2.23. The van der Waals surface area contributed by atoms with E-state index in [-0.39, 0.29) is 6.04 Å². The Balaban J connectivity index is 2.11. The van der Waals surface area contributed by atoms with Gasteiger partial charge in [-0.3, -0.25) is 0 Å². The third-order valence-corrected chi connectivity index (χ3v) is 3.49. The molecule has 1 aliphatic rings. The predicted octanol–water partition coefficient (Wildman–Crippen LogP) is 2.00. The van der Waals surface area contributed by atoms with Crippen molar-refractivity contribution in [1.29, 1.82) is 0 Å². The normalized spacial score (nSPS) is 30.7. The molecule has 2 rings (SSSR count). The second-order valence-electron chi connectivity index (χ2n) is 4.33. The number of nitrogens with one attached hydrogen (secondary N) is 1. The Hall–Kier alpha value is -0.570. The van der Waals surface area contributed by atoms with Crippen molar-refractivity contribution in [2.24, 2.45) is 0 Å². The molecule has 15 heavy (non-hydrogen) atoms. The van der Waals surface area contributed by atoms with Crippen LogP contribution in [-0.2, 0) is 6.42 Å². The average Bonchev–Trinajstić information content (AvgIpc) is 2.51. The van der Waals surface area contributed by atoms with Gasteiger partial charge in [-0.05, 0) is 37.6 Å². The van der Waals surface area contributed by atoms with Gasteiger partial charge in [0.25, 0.3) is 0 Å². The Bertz CT molecular complexity index is 338. The van der Waals surface area contributed by atoms with Gasteiger partial charge in [0.15, 0.2) is 0 Å². The summed E-state index contributed by atoms with van der Waals surface area (Å²) in [7, 11) is 0. The summed E-state index contributed by atoms with van der Waals surface area (Å²) in [6, 6.07) is 7.85. The molecule has 1 aromatic carbocycles. The molecule has 1 aromatic rings. The van der Waals surface area contributed by atoms with E-state index in [1.54, 1.807) is 0 Å². The van der Waals surface area contributed by atoms with Gasteiger partial charge in [0.1, 0.15) is 0 Å². The van der Waals surface area contributed by atoms with E-state index >= 15 is 0 Å². The zero-order valence-corrected chi connectivity index (χ0v) is 9.59. The van der Waals surface area contributed by atoms with Crippen molar-refractivity contribution in [1.82, 2.24) is 5.32 Å². The van der Waals surface area contributed by atoms with Crippen molar-refractivity contribution < 1.29 is 5.11 Å². The van der Waals surface area contributed by atoms with Gasteiger partial charge in [0.05, 0.1) is 5.60 Å². The molecule has 1 fully saturated rings. The first-order valence-corrected chi connectivity index (χ1v) is 5.68. The van der Waals surface area contributed by atoms with Crippen molar-refractivity contribution in [3.63, 3.8) is 0 Å². The van der Waals surface area contributed by atoms with Crippen LogP contribution in [0.25, 0.3) is 0 Å². The third kappa shape index (κ3) is 2.33. The fraction of sp³-hybridized carbons (Fsp3) is 0.500. The van der Waals surface area contributed by atoms with Crippen LogP contribution in [0.15, 0.2) is 24.3 Å². The molecule has 2 atom stereocenters. The fourth-order valence-electron chi connectivity index (χ4n) is 2.11. The molecule has 0 spiro atoms. The maximum atomic E-state index is 10.4. The maximum absolute atomic E-state index is 10.4. The second kappa shape index (κ2) is 4.12. The molecule has 1 saturated heterocycles. The summed E-state index contributed by atoms with van der Waals surface area (Å²) in [5.74, 6) is 0. The van der Waals surface area contributed by atoms with E-state index in [4.69, 9.17) is 11.6 Å². The van der Waals surface area contributed by atoms with E-state index in [0.29, 0.717) is 6.42 Å². The predicted molar refractivity (Wildman–Crippen MR) is 62.2 cm³/mol. The van der Waals surface area contributed by atoms with Gasteiger partial charge in [0.2, 0.25) is 0 Å². The first-order chi connectivity index (χ1) is 7.10. The maximum Gasteiger partial charge on any atom is 0.0849 e. The minimum Gasteiger partial charge on any atom is -0.388 e. The van der Waals surface area contributed by atoms with Gasteiger partial charge >= 0.3 is 0 Å². The molecule has 3 heteroatoms. The zero-order valence-electron chi connectivity index (χ0n) is 8.83. The molecule has 0 bridgehead atoms. The second-order valence-corrected chi connectivity index (χ2v) is 4.77. The van der Waals surface area contributed by atoms with Gasteiger partial charge in [0, 0.05) is 17.5 Å². The molecule has 2 nitrogen and oxygen atoms in total. The van der Waals surface area contributed by atoms with Crippen LogP contribution in [0.1, 0.15) is 18.9 Å². The van der Waals surface area contributed by atoms with Crippen LogP contribution in [0.2, 0.25) is 5.02 Å². The van der Waals surface area contributed by atoms with Crippen molar-refractivity contribution in [3.05, 3.63) is 34.9 Å². The summed E-state index contributed by atoms with van der Waals surface area (Å²) in [6.45, 7) is 2.92. The van der Waals surface area contributed by atoms with E-state index < -0.39 is 5.60 Å². The van der Waals surface area contributed by atoms with E-state index in [2.05, 4.69) is 5.32 Å². The first-order valence-electron chi connectivity index (χ1n) is 5.30. The molecule has 1 aliphatic heterocycles. The molecular weight excluding hydrogens is 210 g/mol. The summed E-state index contributed by atoms with van der Waals surface area (Å²) < 4.78 is 0. The van der Waals surface area contributed by atoms with Crippen LogP contribution >= 0.6 is 11.6 Å². The van der Waals surface area contributed by atoms with Crippen LogP contribution in [0.5, 0.6) is 0 Å². The Morgan fingerprint density at radius 2 is 2.13 bits per heavy atom. The van der Waals surface area contributed by atoms with E-state index in [1.165, 1.54) is 0 Å². The van der Waals surface area contributed by atoms with Gasteiger partial charge in [-0.25, -0.2) is 0 Å². The lowest BCUT2D eigenvalue weighted by molar-refractivity contribution is 0.0335. The lowest BCUT2D eigenvalue weighted by atomic mass is 9.88. The monoisotopic (exact) mass is 225 g/mol. The highest BCUT2D eigenvalue weighted by Crippen LogP contribution is 2.26. The van der Waals surface area contributed by atoms with Gasteiger partial charge in [-0.15, -0.1) is 0 Å². The first kappa shape index (κ1) is 10.9. The molecule has 1 heterocycles. The SMILES string of the molecule is CC1NCCC1(O)Cc1ccc(Cl)cc1. The largest absolute Gasteiger partial charge is 0.388 e. The smallest absolute Gasteiger partial charge is 0.0849 e. The quantitative estimate of drug-likeness (QED) is 0.807. The summed E-state index contributed by atoms with van der Waals surface area (Å²) in [5, 5.41) is 14.4. The number of hydrogen-bond donors (Lipinski definition) is 2. The van der Waals surface area contributed by atoms with E-state index in [1.807, 2.05) is 31.2 Å². The van der Waals surface area contributed by atoms with Crippen molar-refractivity contribution in [3.8, 4) is 0 Å². The van der Waals surface area contributed by atoms with E-state index in [0.717, 1.165) is 23.6 Å². The number of rotatable bonds is 2. The van der Waals surface area contributed by atoms with Crippen LogP contribution in [0, 0.1) is 0 Å². The van der Waals surface area contributed by atoms with Gasteiger partial charge < -0.3 is 10.4 Å². The highest BCUT2D eigenvalue weighted by atomic mass is 35.5. The Morgan fingerprint density at radius 1 is 1.47 bits per heavy atom. The lowest BCUT2D eigenvalue weighted by Crippen LogP contribution is -2.42. The van der Waals surface area contributed by atoms with Crippen LogP contribution in [-0.4, -0.2) is 23.3 Å². The molecule has 0 amide bonds. The van der Waals surface area contributed by atoms with Crippen LogP contribution in [0.4, 0.5) is 0 Å². The number of aliphatic hydroxyl groups is 1.